The van der Waals surface area contributed by atoms with Gasteiger partial charge in [-0.3, -0.25) is 4.79 Å². The van der Waals surface area contributed by atoms with E-state index in [4.69, 9.17) is 21.1 Å². The van der Waals surface area contributed by atoms with Crippen LogP contribution in [0.5, 0.6) is 23.0 Å². The normalized spacial score (nSPS) is 10.6. The first kappa shape index (κ1) is 27.6. The van der Waals surface area contributed by atoms with Gasteiger partial charge in [-0.1, -0.05) is 43.6 Å². The maximum Gasteiger partial charge on any atom is 0.323 e. The number of para-hydroxylation sites is 1. The monoisotopic (exact) mass is 526 g/mol. The summed E-state index contributed by atoms with van der Waals surface area (Å²) >= 11 is 6.29. The molecule has 0 fully saturated rings. The quantitative estimate of drug-likeness (QED) is 0.260. The molecule has 0 aliphatic heterocycles. The van der Waals surface area contributed by atoms with Crippen molar-refractivity contribution < 1.29 is 24.2 Å². The number of hydrogen-bond acceptors (Lipinski definition) is 6. The van der Waals surface area contributed by atoms with Gasteiger partial charge in [0.05, 0.1) is 12.8 Å². The number of nitrogens with zero attached hydrogens (tertiary/aromatic N) is 1. The van der Waals surface area contributed by atoms with Crippen molar-refractivity contribution >= 4 is 34.9 Å². The molecule has 196 valence electrons. The van der Waals surface area contributed by atoms with E-state index >= 15 is 0 Å². The summed E-state index contributed by atoms with van der Waals surface area (Å²) in [5.74, 6) is 0.363. The van der Waals surface area contributed by atoms with Gasteiger partial charge in [0.1, 0.15) is 27.8 Å². The largest absolute Gasteiger partial charge is 0.505 e. The number of phenolic OH excluding ortho intramolecular Hbond substituents is 1. The Kier molecular flexibility index (Phi) is 10.00. The molecule has 10 heteroatoms. The van der Waals surface area contributed by atoms with Crippen molar-refractivity contribution in [3.8, 4) is 23.0 Å². The Morgan fingerprint density at radius 2 is 1.62 bits per heavy atom. The lowest BCUT2D eigenvalue weighted by Crippen LogP contribution is -2.35. The van der Waals surface area contributed by atoms with Crippen molar-refractivity contribution in [1.82, 2.24) is 10.2 Å². The van der Waals surface area contributed by atoms with Crippen LogP contribution in [0.15, 0.2) is 60.7 Å². The fraction of sp³-hybridized carbons (Fsp3) is 0.259. The summed E-state index contributed by atoms with van der Waals surface area (Å²) in [6.07, 6.45) is 0. The molecule has 0 aliphatic carbocycles. The topological polar surface area (TPSA) is 112 Å². The molecule has 0 aromatic heterocycles. The minimum Gasteiger partial charge on any atom is -0.505 e. The van der Waals surface area contributed by atoms with Gasteiger partial charge in [0, 0.05) is 24.8 Å². The number of nitrogens with one attached hydrogen (secondary N) is 3. The van der Waals surface area contributed by atoms with E-state index in [1.54, 1.807) is 24.3 Å². The van der Waals surface area contributed by atoms with Gasteiger partial charge in [-0.05, 0) is 49.5 Å². The minimum atomic E-state index is -0.600. The number of carbonyl (C=O) groups excluding carboxylic acids is 2. The van der Waals surface area contributed by atoms with Crippen LogP contribution in [0, 0.1) is 0 Å². The van der Waals surface area contributed by atoms with Crippen molar-refractivity contribution in [3.63, 3.8) is 0 Å². The Morgan fingerprint density at radius 1 is 0.973 bits per heavy atom. The molecule has 3 aromatic carbocycles. The first-order valence-corrected chi connectivity index (χ1v) is 12.2. The molecule has 37 heavy (non-hydrogen) atoms. The lowest BCUT2D eigenvalue weighted by molar-refractivity contribution is 0.0943. The van der Waals surface area contributed by atoms with Crippen LogP contribution in [-0.4, -0.2) is 55.2 Å². The number of halogens is 1. The summed E-state index contributed by atoms with van der Waals surface area (Å²) in [6.45, 7) is 6.85. The first-order chi connectivity index (χ1) is 17.9. The number of anilines is 2. The Hall–Kier alpha value is -3.95. The van der Waals surface area contributed by atoms with Crippen LogP contribution in [0.4, 0.5) is 16.2 Å². The molecule has 3 amide bonds. The molecule has 0 bridgehead atoms. The summed E-state index contributed by atoms with van der Waals surface area (Å²) < 4.78 is 11.0. The van der Waals surface area contributed by atoms with Gasteiger partial charge in [0.2, 0.25) is 0 Å². The van der Waals surface area contributed by atoms with Gasteiger partial charge in [0.15, 0.2) is 5.75 Å². The van der Waals surface area contributed by atoms with E-state index in [1.165, 1.54) is 13.2 Å². The summed E-state index contributed by atoms with van der Waals surface area (Å²) in [6, 6.07) is 16.9. The third-order valence-electron chi connectivity index (χ3n) is 5.60. The summed E-state index contributed by atoms with van der Waals surface area (Å²) in [7, 11) is 1.36. The molecule has 0 heterocycles. The van der Waals surface area contributed by atoms with E-state index in [0.29, 0.717) is 30.3 Å². The van der Waals surface area contributed by atoms with E-state index in [9.17, 15) is 14.7 Å². The number of amides is 3. The number of benzene rings is 3. The Bertz CT molecular complexity index is 1200. The highest BCUT2D eigenvalue weighted by molar-refractivity contribution is 6.36. The lowest BCUT2D eigenvalue weighted by Gasteiger charge is -2.19. The third kappa shape index (κ3) is 7.52. The molecule has 3 aromatic rings. The number of urea groups is 1. The van der Waals surface area contributed by atoms with Gasteiger partial charge in [-0.15, -0.1) is 0 Å². The number of methoxy groups -OCH3 is 1. The number of phenols is 1. The van der Waals surface area contributed by atoms with Gasteiger partial charge in [-0.2, -0.15) is 0 Å². The van der Waals surface area contributed by atoms with Crippen molar-refractivity contribution in [2.24, 2.45) is 0 Å². The van der Waals surface area contributed by atoms with Gasteiger partial charge < -0.3 is 35.4 Å². The molecule has 0 saturated carbocycles. The maximum atomic E-state index is 12.7. The second kappa shape index (κ2) is 13.4. The van der Waals surface area contributed by atoms with Gasteiger partial charge in [0.25, 0.3) is 5.91 Å². The zero-order valence-electron chi connectivity index (χ0n) is 21.0. The van der Waals surface area contributed by atoms with Gasteiger partial charge >= 0.3 is 6.03 Å². The van der Waals surface area contributed by atoms with E-state index in [0.717, 1.165) is 13.1 Å². The molecule has 0 saturated heterocycles. The first-order valence-electron chi connectivity index (χ1n) is 11.9. The Morgan fingerprint density at radius 3 is 2.24 bits per heavy atom. The van der Waals surface area contributed by atoms with Crippen molar-refractivity contribution in [3.05, 3.63) is 71.2 Å². The molecule has 0 spiro atoms. The number of likely N-dealkylation sites (N-methyl/N-ethyl adjacent to an activating group) is 1. The van der Waals surface area contributed by atoms with Crippen LogP contribution in [-0.2, 0) is 0 Å². The van der Waals surface area contributed by atoms with Gasteiger partial charge in [-0.25, -0.2) is 4.79 Å². The molecule has 0 unspecified atom stereocenters. The maximum absolute atomic E-state index is 12.7. The van der Waals surface area contributed by atoms with Crippen molar-refractivity contribution in [2.45, 2.75) is 13.8 Å². The average molecular weight is 527 g/mol. The summed E-state index contributed by atoms with van der Waals surface area (Å²) in [5, 5.41) is 18.5. The highest BCUT2D eigenvalue weighted by atomic mass is 35.5. The number of aromatic hydroxyl groups is 1. The second-order valence-corrected chi connectivity index (χ2v) is 8.34. The average Bonchev–Trinajstić information content (AvgIpc) is 2.90. The zero-order chi connectivity index (χ0) is 26.8. The predicted molar refractivity (Wildman–Crippen MR) is 145 cm³/mol. The third-order valence-corrected chi connectivity index (χ3v) is 5.98. The fourth-order valence-electron chi connectivity index (χ4n) is 3.56. The second-order valence-electron chi connectivity index (χ2n) is 7.97. The Labute approximate surface area is 221 Å². The van der Waals surface area contributed by atoms with E-state index in [-0.39, 0.29) is 22.0 Å². The van der Waals surface area contributed by atoms with Crippen molar-refractivity contribution in [1.29, 1.82) is 0 Å². The number of hydrogen-bond donors (Lipinski definition) is 4. The zero-order valence-corrected chi connectivity index (χ0v) is 21.8. The van der Waals surface area contributed by atoms with Crippen LogP contribution in [0.1, 0.15) is 24.2 Å². The molecule has 0 atom stereocenters. The fourth-order valence-corrected chi connectivity index (χ4v) is 3.76. The number of ether oxygens (including phenoxy) is 2. The molecule has 9 nitrogen and oxygen atoms in total. The van der Waals surface area contributed by atoms with E-state index in [2.05, 4.69) is 20.9 Å². The molecule has 3 rings (SSSR count). The standard InChI is InChI=1S/C27H31ClN4O5/c1-4-32(5-2)16-15-29-26(34)23-22(36-3)17-21(24(28)25(23)33)31-27(35)30-18-11-13-20(14-12-18)37-19-9-7-6-8-10-19/h6-14,17,33H,4-5,15-16H2,1-3H3,(H,29,34)(H2,30,31,35). The van der Waals surface area contributed by atoms with Crippen LogP contribution in [0.2, 0.25) is 5.02 Å². The molecular weight excluding hydrogens is 496 g/mol. The SMILES string of the molecule is CCN(CC)CCNC(=O)c1c(OC)cc(NC(=O)Nc2ccc(Oc3ccccc3)cc2)c(Cl)c1O. The van der Waals surface area contributed by atoms with E-state index in [1.807, 2.05) is 44.2 Å². The summed E-state index contributed by atoms with van der Waals surface area (Å²) in [4.78, 5) is 27.5. The summed E-state index contributed by atoms with van der Waals surface area (Å²) in [5.41, 5.74) is 0.485. The minimum absolute atomic E-state index is 0.0694. The van der Waals surface area contributed by atoms with Crippen LogP contribution >= 0.6 is 11.6 Å². The van der Waals surface area contributed by atoms with E-state index < -0.39 is 17.7 Å². The van der Waals surface area contributed by atoms with Crippen molar-refractivity contribution in [2.75, 3.05) is 43.9 Å². The Balaban J connectivity index is 1.65. The smallest absolute Gasteiger partial charge is 0.323 e. The van der Waals surface area contributed by atoms with Crippen LogP contribution < -0.4 is 25.4 Å². The number of carbonyl (C=O) groups is 2. The highest BCUT2D eigenvalue weighted by Gasteiger charge is 2.24. The predicted octanol–water partition coefficient (Wildman–Crippen LogP) is 5.56. The molecule has 0 aliphatic rings. The van der Waals surface area contributed by atoms with Crippen LogP contribution in [0.25, 0.3) is 0 Å². The highest BCUT2D eigenvalue weighted by Crippen LogP contribution is 2.40. The number of rotatable bonds is 11. The lowest BCUT2D eigenvalue weighted by atomic mass is 10.1. The molecule has 0 radical (unpaired) electrons. The molecular formula is C27H31ClN4O5. The van der Waals surface area contributed by atoms with Crippen LogP contribution in [0.3, 0.4) is 0 Å². The molecule has 4 N–H and O–H groups in total.